The highest BCUT2D eigenvalue weighted by molar-refractivity contribution is 5.75. The standard InChI is InChI=1S/C19H39NO5/c1-17(2)7-5-6-8-19(21)20-9-10-22-11-12-23-13-14-24-15-16-25-18(3)4/h17-18H,5-16H2,1-4H3,(H,20,21). The summed E-state index contributed by atoms with van der Waals surface area (Å²) in [5.74, 6) is 0.825. The monoisotopic (exact) mass is 361 g/mol. The topological polar surface area (TPSA) is 66.0 Å². The molecule has 1 amide bonds. The molecule has 0 aromatic carbocycles. The molecule has 0 atom stereocenters. The Bertz CT molecular complexity index is 298. The molecule has 6 heteroatoms. The molecule has 0 fully saturated rings. The Morgan fingerprint density at radius 3 is 1.92 bits per heavy atom. The molecule has 0 rings (SSSR count). The minimum atomic E-state index is 0.113. The summed E-state index contributed by atoms with van der Waals surface area (Å²) in [5.41, 5.74) is 0. The Hall–Kier alpha value is -0.690. The van der Waals surface area contributed by atoms with Crippen LogP contribution in [0.1, 0.15) is 53.4 Å². The van der Waals surface area contributed by atoms with Crippen molar-refractivity contribution in [2.45, 2.75) is 59.5 Å². The highest BCUT2D eigenvalue weighted by atomic mass is 16.6. The molecule has 0 bridgehead atoms. The average molecular weight is 362 g/mol. The molecule has 0 saturated heterocycles. The van der Waals surface area contributed by atoms with E-state index in [1.807, 2.05) is 13.8 Å². The lowest BCUT2D eigenvalue weighted by molar-refractivity contribution is -0.121. The van der Waals surface area contributed by atoms with Crippen LogP contribution in [-0.4, -0.2) is 64.8 Å². The van der Waals surface area contributed by atoms with Crippen LogP contribution < -0.4 is 5.32 Å². The van der Waals surface area contributed by atoms with E-state index in [0.29, 0.717) is 65.1 Å². The second-order valence-electron chi connectivity index (χ2n) is 6.75. The molecule has 0 unspecified atom stereocenters. The van der Waals surface area contributed by atoms with Crippen molar-refractivity contribution in [3.63, 3.8) is 0 Å². The van der Waals surface area contributed by atoms with E-state index in [9.17, 15) is 4.79 Å². The number of hydrogen-bond acceptors (Lipinski definition) is 5. The normalized spacial score (nSPS) is 11.4. The Morgan fingerprint density at radius 1 is 0.800 bits per heavy atom. The molecule has 25 heavy (non-hydrogen) atoms. The Kier molecular flexibility index (Phi) is 17.6. The number of hydrogen-bond donors (Lipinski definition) is 1. The van der Waals surface area contributed by atoms with E-state index in [2.05, 4.69) is 19.2 Å². The SMILES string of the molecule is CC(C)CCCCC(=O)NCCOCCOCCOCCOC(C)C. The van der Waals surface area contributed by atoms with Gasteiger partial charge >= 0.3 is 0 Å². The van der Waals surface area contributed by atoms with Gasteiger partial charge in [0.25, 0.3) is 0 Å². The fourth-order valence-electron chi connectivity index (χ4n) is 2.07. The first-order valence-electron chi connectivity index (χ1n) is 9.64. The number of carbonyl (C=O) groups is 1. The van der Waals surface area contributed by atoms with E-state index in [-0.39, 0.29) is 12.0 Å². The summed E-state index contributed by atoms with van der Waals surface area (Å²) in [6, 6.07) is 0. The van der Waals surface area contributed by atoms with Crippen LogP contribution in [0.25, 0.3) is 0 Å². The van der Waals surface area contributed by atoms with Crippen LogP contribution in [0.5, 0.6) is 0 Å². The lowest BCUT2D eigenvalue weighted by Crippen LogP contribution is -2.27. The Balaban J connectivity index is 3.14. The van der Waals surface area contributed by atoms with E-state index in [1.165, 1.54) is 6.42 Å². The summed E-state index contributed by atoms with van der Waals surface area (Å²) < 4.78 is 21.5. The lowest BCUT2D eigenvalue weighted by Gasteiger charge is -2.09. The molecule has 0 aromatic heterocycles. The summed E-state index contributed by atoms with van der Waals surface area (Å²) in [7, 11) is 0. The van der Waals surface area contributed by atoms with Gasteiger partial charge in [0.1, 0.15) is 0 Å². The maximum atomic E-state index is 11.6. The van der Waals surface area contributed by atoms with Crippen molar-refractivity contribution in [1.82, 2.24) is 5.32 Å². The van der Waals surface area contributed by atoms with E-state index in [0.717, 1.165) is 12.8 Å². The maximum Gasteiger partial charge on any atom is 0.220 e. The predicted octanol–water partition coefficient (Wildman–Crippen LogP) is 2.79. The molecule has 0 aliphatic heterocycles. The van der Waals surface area contributed by atoms with Gasteiger partial charge in [0, 0.05) is 13.0 Å². The van der Waals surface area contributed by atoms with Gasteiger partial charge in [0.2, 0.25) is 5.91 Å². The zero-order valence-corrected chi connectivity index (χ0v) is 16.7. The molecule has 6 nitrogen and oxygen atoms in total. The average Bonchev–Trinajstić information content (AvgIpc) is 2.55. The number of ether oxygens (including phenoxy) is 4. The minimum absolute atomic E-state index is 0.113. The van der Waals surface area contributed by atoms with Crippen LogP contribution in [0.15, 0.2) is 0 Å². The fourth-order valence-corrected chi connectivity index (χ4v) is 2.07. The van der Waals surface area contributed by atoms with Crippen LogP contribution in [0, 0.1) is 5.92 Å². The molecule has 0 spiro atoms. The molecule has 0 aliphatic carbocycles. The largest absolute Gasteiger partial charge is 0.377 e. The van der Waals surface area contributed by atoms with E-state index < -0.39 is 0 Å². The summed E-state index contributed by atoms with van der Waals surface area (Å²) >= 11 is 0. The first-order chi connectivity index (χ1) is 12.0. The summed E-state index contributed by atoms with van der Waals surface area (Å²) in [4.78, 5) is 11.6. The third-order valence-electron chi connectivity index (χ3n) is 3.43. The summed E-state index contributed by atoms with van der Waals surface area (Å²) in [6.45, 7) is 12.9. The smallest absolute Gasteiger partial charge is 0.220 e. The molecular formula is C19H39NO5. The van der Waals surface area contributed by atoms with Gasteiger partial charge in [-0.05, 0) is 26.2 Å². The quantitative estimate of drug-likeness (QED) is 0.380. The number of carbonyl (C=O) groups excluding carboxylic acids is 1. The van der Waals surface area contributed by atoms with Gasteiger partial charge in [-0.2, -0.15) is 0 Å². The zero-order valence-electron chi connectivity index (χ0n) is 16.7. The molecule has 0 radical (unpaired) electrons. The summed E-state index contributed by atoms with van der Waals surface area (Å²) in [6.07, 6.45) is 4.12. The second-order valence-corrected chi connectivity index (χ2v) is 6.75. The van der Waals surface area contributed by atoms with E-state index in [4.69, 9.17) is 18.9 Å². The Morgan fingerprint density at radius 2 is 1.36 bits per heavy atom. The summed E-state index contributed by atoms with van der Waals surface area (Å²) in [5, 5.41) is 2.87. The van der Waals surface area contributed by atoms with Crippen LogP contribution in [0.2, 0.25) is 0 Å². The van der Waals surface area contributed by atoms with Crippen molar-refractivity contribution in [3.05, 3.63) is 0 Å². The van der Waals surface area contributed by atoms with Crippen molar-refractivity contribution in [2.24, 2.45) is 5.92 Å². The van der Waals surface area contributed by atoms with Gasteiger partial charge in [-0.15, -0.1) is 0 Å². The molecule has 1 N–H and O–H groups in total. The number of rotatable bonds is 18. The zero-order chi connectivity index (χ0) is 18.8. The fraction of sp³-hybridized carbons (Fsp3) is 0.947. The third-order valence-corrected chi connectivity index (χ3v) is 3.43. The number of amides is 1. The highest BCUT2D eigenvalue weighted by Crippen LogP contribution is 2.07. The van der Waals surface area contributed by atoms with Crippen molar-refractivity contribution < 1.29 is 23.7 Å². The van der Waals surface area contributed by atoms with Crippen LogP contribution in [-0.2, 0) is 23.7 Å². The van der Waals surface area contributed by atoms with Crippen molar-refractivity contribution in [1.29, 1.82) is 0 Å². The van der Waals surface area contributed by atoms with Crippen LogP contribution in [0.4, 0.5) is 0 Å². The van der Waals surface area contributed by atoms with E-state index in [1.54, 1.807) is 0 Å². The maximum absolute atomic E-state index is 11.6. The van der Waals surface area contributed by atoms with Crippen molar-refractivity contribution >= 4 is 5.91 Å². The molecular weight excluding hydrogens is 322 g/mol. The number of unbranched alkanes of at least 4 members (excludes halogenated alkanes) is 1. The molecule has 0 aromatic rings. The molecule has 0 saturated carbocycles. The van der Waals surface area contributed by atoms with Crippen molar-refractivity contribution in [3.8, 4) is 0 Å². The second kappa shape index (κ2) is 18.1. The molecule has 0 aliphatic rings. The van der Waals surface area contributed by atoms with Crippen molar-refractivity contribution in [2.75, 3.05) is 52.8 Å². The minimum Gasteiger partial charge on any atom is -0.377 e. The molecule has 0 heterocycles. The van der Waals surface area contributed by atoms with Gasteiger partial charge in [-0.1, -0.05) is 26.7 Å². The Labute approximate surface area is 153 Å². The predicted molar refractivity (Wildman–Crippen MR) is 99.9 cm³/mol. The highest BCUT2D eigenvalue weighted by Gasteiger charge is 2.01. The van der Waals surface area contributed by atoms with Gasteiger partial charge in [0.15, 0.2) is 0 Å². The number of nitrogens with one attached hydrogen (secondary N) is 1. The van der Waals surface area contributed by atoms with Gasteiger partial charge in [-0.3, -0.25) is 4.79 Å². The molecule has 150 valence electrons. The van der Waals surface area contributed by atoms with E-state index >= 15 is 0 Å². The van der Waals surface area contributed by atoms with Crippen LogP contribution in [0.3, 0.4) is 0 Å². The first kappa shape index (κ1) is 24.3. The first-order valence-corrected chi connectivity index (χ1v) is 9.64. The van der Waals surface area contributed by atoms with Gasteiger partial charge < -0.3 is 24.3 Å². The third kappa shape index (κ3) is 21.3. The lowest BCUT2D eigenvalue weighted by atomic mass is 10.1. The van der Waals surface area contributed by atoms with Gasteiger partial charge in [-0.25, -0.2) is 0 Å². The van der Waals surface area contributed by atoms with Crippen LogP contribution >= 0.6 is 0 Å². The van der Waals surface area contributed by atoms with Gasteiger partial charge in [0.05, 0.1) is 52.4 Å².